The number of pyridine rings is 1. The molecule has 0 aliphatic heterocycles. The Kier molecular flexibility index (Phi) is 6.14. The molecule has 0 bridgehead atoms. The number of amides is 1. The van der Waals surface area contributed by atoms with Gasteiger partial charge in [-0.1, -0.05) is 54.7 Å². The average molecular weight is 347 g/mol. The number of aromatic nitrogens is 3. The van der Waals surface area contributed by atoms with Gasteiger partial charge in [0.2, 0.25) is 5.91 Å². The van der Waals surface area contributed by atoms with Gasteiger partial charge in [0.15, 0.2) is 10.8 Å². The Morgan fingerprint density at radius 1 is 1.38 bits per heavy atom. The summed E-state index contributed by atoms with van der Waals surface area (Å²) in [6.07, 6.45) is 4.95. The summed E-state index contributed by atoms with van der Waals surface area (Å²) in [5.41, 5.74) is 0.534. The van der Waals surface area contributed by atoms with E-state index in [4.69, 9.17) is 23.2 Å². The molecule has 1 N–H and O–H groups in total. The molecular weight excluding hydrogens is 331 g/mol. The number of unbranched alkanes of at least 4 members (excludes halogenated alkanes) is 2. The third-order valence-electron chi connectivity index (χ3n) is 2.83. The maximum absolute atomic E-state index is 11.7. The molecule has 8 heteroatoms. The number of fused-ring (bicyclic) bond motifs is 1. The van der Waals surface area contributed by atoms with Crippen LogP contribution in [0.15, 0.2) is 17.4 Å². The summed E-state index contributed by atoms with van der Waals surface area (Å²) in [5.74, 6) is 0.276. The highest BCUT2D eigenvalue weighted by Gasteiger charge is 2.12. The van der Waals surface area contributed by atoms with Crippen molar-refractivity contribution < 1.29 is 4.79 Å². The second kappa shape index (κ2) is 7.87. The zero-order valence-electron chi connectivity index (χ0n) is 11.6. The maximum atomic E-state index is 11.7. The lowest BCUT2D eigenvalue weighted by molar-refractivity contribution is -0.118. The van der Waals surface area contributed by atoms with Crippen molar-refractivity contribution in [3.63, 3.8) is 0 Å². The van der Waals surface area contributed by atoms with Crippen LogP contribution in [0.1, 0.15) is 26.2 Å². The molecule has 0 saturated carbocycles. The normalized spacial score (nSPS) is 11.0. The topological polar surface area (TPSA) is 59.3 Å². The molecule has 114 valence electrons. The maximum Gasteiger partial charge on any atom is 0.230 e. The highest BCUT2D eigenvalue weighted by molar-refractivity contribution is 7.99. The first-order chi connectivity index (χ1) is 10.1. The van der Waals surface area contributed by atoms with Crippen LogP contribution in [0.3, 0.4) is 0 Å². The Balaban J connectivity index is 1.93. The first-order valence-corrected chi connectivity index (χ1v) is 8.45. The quantitative estimate of drug-likeness (QED) is 0.616. The molecule has 0 fully saturated rings. The number of rotatable bonds is 7. The number of halogens is 2. The molecule has 0 aromatic carbocycles. The van der Waals surface area contributed by atoms with E-state index >= 15 is 0 Å². The Labute approximate surface area is 137 Å². The second-order valence-corrected chi connectivity index (χ2v) is 6.31. The molecule has 5 nitrogen and oxygen atoms in total. The van der Waals surface area contributed by atoms with Crippen LogP contribution in [0.2, 0.25) is 10.0 Å². The molecule has 0 atom stereocenters. The molecular formula is C13H16Cl2N4OS. The van der Waals surface area contributed by atoms with E-state index in [1.54, 1.807) is 16.7 Å². The Hall–Kier alpha value is -0.980. The highest BCUT2D eigenvalue weighted by Crippen LogP contribution is 2.25. The minimum atomic E-state index is -0.0130. The fraction of sp³-hybridized carbons (Fsp3) is 0.462. The largest absolute Gasteiger partial charge is 0.355 e. The summed E-state index contributed by atoms with van der Waals surface area (Å²) in [6, 6.07) is 1.61. The van der Waals surface area contributed by atoms with Crippen LogP contribution in [-0.2, 0) is 4.79 Å². The van der Waals surface area contributed by atoms with Gasteiger partial charge in [-0.05, 0) is 12.5 Å². The van der Waals surface area contributed by atoms with Crippen LogP contribution < -0.4 is 5.32 Å². The third kappa shape index (κ3) is 4.49. The van der Waals surface area contributed by atoms with Gasteiger partial charge in [0.05, 0.1) is 15.8 Å². The Morgan fingerprint density at radius 3 is 2.95 bits per heavy atom. The van der Waals surface area contributed by atoms with Gasteiger partial charge in [0.1, 0.15) is 0 Å². The van der Waals surface area contributed by atoms with Crippen LogP contribution in [0.25, 0.3) is 5.65 Å². The molecule has 1 amide bonds. The number of carbonyl (C=O) groups is 1. The van der Waals surface area contributed by atoms with Gasteiger partial charge in [-0.2, -0.15) is 0 Å². The van der Waals surface area contributed by atoms with Crippen molar-refractivity contribution in [1.82, 2.24) is 19.9 Å². The standard InChI is InChI=1S/C13H16Cl2N4OS/c1-2-3-4-5-16-11(20)8-21-13-18-17-12-10(15)6-9(14)7-19(12)13/h6-7H,2-5,8H2,1H3,(H,16,20). The second-order valence-electron chi connectivity index (χ2n) is 4.53. The molecule has 0 radical (unpaired) electrons. The van der Waals surface area contributed by atoms with Gasteiger partial charge in [-0.3, -0.25) is 9.20 Å². The van der Waals surface area contributed by atoms with Crippen LogP contribution in [-0.4, -0.2) is 32.8 Å². The van der Waals surface area contributed by atoms with E-state index in [2.05, 4.69) is 22.4 Å². The molecule has 0 aliphatic rings. The molecule has 0 unspecified atom stereocenters. The summed E-state index contributed by atoms with van der Waals surface area (Å²) in [4.78, 5) is 11.7. The van der Waals surface area contributed by atoms with E-state index in [1.807, 2.05) is 0 Å². The number of carbonyl (C=O) groups excluding carboxylic acids is 1. The van der Waals surface area contributed by atoms with Gasteiger partial charge >= 0.3 is 0 Å². The van der Waals surface area contributed by atoms with Crippen molar-refractivity contribution in [2.75, 3.05) is 12.3 Å². The van der Waals surface area contributed by atoms with E-state index in [1.165, 1.54) is 11.8 Å². The van der Waals surface area contributed by atoms with Crippen molar-refractivity contribution in [2.45, 2.75) is 31.3 Å². The first kappa shape index (κ1) is 16.4. The van der Waals surface area contributed by atoms with Gasteiger partial charge in [-0.15, -0.1) is 10.2 Å². The molecule has 2 rings (SSSR count). The predicted molar refractivity (Wildman–Crippen MR) is 86.3 cm³/mol. The minimum Gasteiger partial charge on any atom is -0.355 e. The molecule has 2 aromatic rings. The lowest BCUT2D eigenvalue weighted by Gasteiger charge is -2.04. The fourth-order valence-corrected chi connectivity index (χ4v) is 3.03. The van der Waals surface area contributed by atoms with Crippen LogP contribution in [0, 0.1) is 0 Å². The number of hydrogen-bond acceptors (Lipinski definition) is 4. The van der Waals surface area contributed by atoms with E-state index in [0.717, 1.165) is 19.3 Å². The van der Waals surface area contributed by atoms with E-state index in [9.17, 15) is 4.79 Å². The summed E-state index contributed by atoms with van der Waals surface area (Å²) >= 11 is 13.3. The summed E-state index contributed by atoms with van der Waals surface area (Å²) in [5, 5.41) is 12.4. The summed E-state index contributed by atoms with van der Waals surface area (Å²) in [7, 11) is 0. The number of nitrogens with zero attached hydrogens (tertiary/aromatic N) is 3. The predicted octanol–water partition coefficient (Wildman–Crippen LogP) is 3.43. The van der Waals surface area contributed by atoms with Crippen molar-refractivity contribution in [2.24, 2.45) is 0 Å². The monoisotopic (exact) mass is 346 g/mol. The molecule has 2 aromatic heterocycles. The minimum absolute atomic E-state index is 0.0130. The van der Waals surface area contributed by atoms with Crippen LogP contribution in [0.5, 0.6) is 0 Å². The van der Waals surface area contributed by atoms with Crippen LogP contribution >= 0.6 is 35.0 Å². The third-order valence-corrected chi connectivity index (χ3v) is 4.26. The smallest absolute Gasteiger partial charge is 0.230 e. The first-order valence-electron chi connectivity index (χ1n) is 6.71. The molecule has 2 heterocycles. The Bertz CT molecular complexity index is 632. The van der Waals surface area contributed by atoms with E-state index in [-0.39, 0.29) is 11.7 Å². The van der Waals surface area contributed by atoms with E-state index in [0.29, 0.717) is 27.4 Å². The lowest BCUT2D eigenvalue weighted by atomic mass is 10.2. The van der Waals surface area contributed by atoms with E-state index < -0.39 is 0 Å². The molecule has 0 aliphatic carbocycles. The number of thioether (sulfide) groups is 1. The van der Waals surface area contributed by atoms with Gasteiger partial charge in [0, 0.05) is 12.7 Å². The van der Waals surface area contributed by atoms with Gasteiger partial charge in [-0.25, -0.2) is 0 Å². The van der Waals surface area contributed by atoms with Crippen molar-refractivity contribution in [3.05, 3.63) is 22.3 Å². The zero-order valence-corrected chi connectivity index (χ0v) is 13.9. The number of nitrogens with one attached hydrogen (secondary N) is 1. The lowest BCUT2D eigenvalue weighted by Crippen LogP contribution is -2.26. The molecule has 0 saturated heterocycles. The summed E-state index contributed by atoms with van der Waals surface area (Å²) < 4.78 is 1.69. The molecule has 0 spiro atoms. The number of hydrogen-bond donors (Lipinski definition) is 1. The summed E-state index contributed by atoms with van der Waals surface area (Å²) in [6.45, 7) is 2.84. The Morgan fingerprint density at radius 2 is 2.19 bits per heavy atom. The average Bonchev–Trinajstić information content (AvgIpc) is 2.84. The van der Waals surface area contributed by atoms with Gasteiger partial charge < -0.3 is 5.32 Å². The van der Waals surface area contributed by atoms with Gasteiger partial charge in [0.25, 0.3) is 0 Å². The zero-order chi connectivity index (χ0) is 15.2. The van der Waals surface area contributed by atoms with Crippen LogP contribution in [0.4, 0.5) is 0 Å². The van der Waals surface area contributed by atoms with Crippen molar-refractivity contribution in [3.8, 4) is 0 Å². The fourth-order valence-electron chi connectivity index (χ4n) is 1.78. The SMILES string of the molecule is CCCCCNC(=O)CSc1nnc2c(Cl)cc(Cl)cn12. The molecule has 21 heavy (non-hydrogen) atoms. The van der Waals surface area contributed by atoms with Crippen molar-refractivity contribution in [1.29, 1.82) is 0 Å². The van der Waals surface area contributed by atoms with Crippen molar-refractivity contribution >= 4 is 46.5 Å². The highest BCUT2D eigenvalue weighted by atomic mass is 35.5.